The highest BCUT2D eigenvalue weighted by Gasteiger charge is 2.05. The maximum atomic E-state index is 12.8. The van der Waals surface area contributed by atoms with Gasteiger partial charge in [0.1, 0.15) is 5.82 Å². The summed E-state index contributed by atoms with van der Waals surface area (Å²) in [6.45, 7) is 0. The van der Waals surface area contributed by atoms with E-state index >= 15 is 0 Å². The zero-order valence-corrected chi connectivity index (χ0v) is 12.9. The highest BCUT2D eigenvalue weighted by atomic mass is 32.1. The molecule has 0 saturated heterocycles. The van der Waals surface area contributed by atoms with Gasteiger partial charge in [0.2, 0.25) is 5.91 Å². The maximum Gasteiger partial charge on any atom is 0.250 e. The lowest BCUT2D eigenvalue weighted by Gasteiger charge is -1.97. The van der Waals surface area contributed by atoms with Crippen LogP contribution in [0.4, 0.5) is 9.52 Å². The molecule has 1 amide bonds. The molecule has 1 aromatic heterocycles. The third-order valence-electron chi connectivity index (χ3n) is 3.10. The fourth-order valence-corrected chi connectivity index (χ4v) is 2.69. The normalized spacial score (nSPS) is 10.8. The largest absolute Gasteiger partial charge is 0.298 e. The monoisotopic (exact) mass is 324 g/mol. The molecule has 1 heterocycles. The van der Waals surface area contributed by atoms with E-state index in [0.29, 0.717) is 5.13 Å². The van der Waals surface area contributed by atoms with Crippen molar-refractivity contribution in [2.45, 2.75) is 0 Å². The lowest BCUT2D eigenvalue weighted by Crippen LogP contribution is -2.07. The van der Waals surface area contributed by atoms with Crippen molar-refractivity contribution in [1.29, 1.82) is 0 Å². The van der Waals surface area contributed by atoms with Gasteiger partial charge >= 0.3 is 0 Å². The summed E-state index contributed by atoms with van der Waals surface area (Å²) < 4.78 is 12.8. The number of rotatable bonds is 4. The number of hydrogen-bond donors (Lipinski definition) is 1. The first kappa shape index (κ1) is 15.1. The summed E-state index contributed by atoms with van der Waals surface area (Å²) in [5.41, 5.74) is 2.59. The topological polar surface area (TPSA) is 42.0 Å². The predicted octanol–water partition coefficient (Wildman–Crippen LogP) is 4.60. The number of hydrogen-bond acceptors (Lipinski definition) is 3. The van der Waals surface area contributed by atoms with Crippen molar-refractivity contribution in [2.75, 3.05) is 5.32 Å². The van der Waals surface area contributed by atoms with Gasteiger partial charge in [-0.05, 0) is 23.8 Å². The summed E-state index contributed by atoms with van der Waals surface area (Å²) in [7, 11) is 0. The fraction of sp³-hybridized carbons (Fsp3) is 0. The number of carbonyl (C=O) groups excluding carboxylic acids is 1. The Morgan fingerprint density at radius 2 is 1.83 bits per heavy atom. The van der Waals surface area contributed by atoms with Crippen LogP contribution in [0.2, 0.25) is 0 Å². The number of aromatic nitrogens is 1. The van der Waals surface area contributed by atoms with Crippen LogP contribution in [0.3, 0.4) is 0 Å². The van der Waals surface area contributed by atoms with Gasteiger partial charge in [0, 0.05) is 17.0 Å². The summed E-state index contributed by atoms with van der Waals surface area (Å²) in [4.78, 5) is 16.3. The standard InChI is InChI=1S/C18H13FN2OS/c19-15-9-6-13(7-10-15)8-11-17(22)21-18-20-16(12-23-18)14-4-2-1-3-5-14/h1-12H,(H,20,21,22)/b11-8-. The maximum absolute atomic E-state index is 12.8. The first-order valence-electron chi connectivity index (χ1n) is 6.96. The first-order valence-corrected chi connectivity index (χ1v) is 7.84. The van der Waals surface area contributed by atoms with E-state index in [9.17, 15) is 9.18 Å². The number of thiazole rings is 1. The minimum absolute atomic E-state index is 0.275. The van der Waals surface area contributed by atoms with Crippen LogP contribution in [0.5, 0.6) is 0 Å². The van der Waals surface area contributed by atoms with Crippen molar-refractivity contribution < 1.29 is 9.18 Å². The van der Waals surface area contributed by atoms with Gasteiger partial charge in [0.15, 0.2) is 5.13 Å². The molecule has 0 bridgehead atoms. The lowest BCUT2D eigenvalue weighted by atomic mass is 10.2. The Bertz CT molecular complexity index is 826. The van der Waals surface area contributed by atoms with Crippen LogP contribution >= 0.6 is 11.3 Å². The van der Waals surface area contributed by atoms with Gasteiger partial charge < -0.3 is 0 Å². The van der Waals surface area contributed by atoms with E-state index in [1.165, 1.54) is 29.5 Å². The van der Waals surface area contributed by atoms with E-state index in [1.807, 2.05) is 35.7 Å². The van der Waals surface area contributed by atoms with Gasteiger partial charge in [0.25, 0.3) is 0 Å². The summed E-state index contributed by atoms with van der Waals surface area (Å²) in [6.07, 6.45) is 3.03. The molecule has 0 aliphatic heterocycles. The van der Waals surface area contributed by atoms with Crippen molar-refractivity contribution in [3.63, 3.8) is 0 Å². The molecule has 0 aliphatic carbocycles. The minimum atomic E-state index is -0.303. The zero-order chi connectivity index (χ0) is 16.1. The smallest absolute Gasteiger partial charge is 0.250 e. The quantitative estimate of drug-likeness (QED) is 0.713. The molecule has 0 aliphatic rings. The number of nitrogens with zero attached hydrogens (tertiary/aromatic N) is 1. The molecule has 3 rings (SSSR count). The summed E-state index contributed by atoms with van der Waals surface area (Å²) >= 11 is 1.37. The van der Waals surface area contributed by atoms with Gasteiger partial charge in [0.05, 0.1) is 5.69 Å². The van der Waals surface area contributed by atoms with Gasteiger partial charge in [-0.25, -0.2) is 9.37 Å². The van der Waals surface area contributed by atoms with Crippen LogP contribution in [0.25, 0.3) is 17.3 Å². The molecule has 3 aromatic rings. The van der Waals surface area contributed by atoms with Gasteiger partial charge in [-0.3, -0.25) is 10.1 Å². The number of amides is 1. The van der Waals surface area contributed by atoms with Crippen molar-refractivity contribution in [3.05, 3.63) is 77.4 Å². The SMILES string of the molecule is O=C(/C=C\c1ccc(F)cc1)Nc1nc(-c2ccccc2)cs1. The second-order valence-electron chi connectivity index (χ2n) is 4.78. The number of nitrogens with one attached hydrogen (secondary N) is 1. The molecule has 5 heteroatoms. The molecular formula is C18H13FN2OS. The molecule has 0 fully saturated rings. The Balaban J connectivity index is 1.64. The third kappa shape index (κ3) is 4.11. The molecule has 0 unspecified atom stereocenters. The van der Waals surface area contributed by atoms with Crippen molar-refractivity contribution in [1.82, 2.24) is 4.98 Å². The molecular weight excluding hydrogens is 311 g/mol. The molecule has 0 spiro atoms. The first-order chi connectivity index (χ1) is 11.2. The number of benzene rings is 2. The average Bonchev–Trinajstić information content (AvgIpc) is 3.04. The second kappa shape index (κ2) is 6.98. The van der Waals surface area contributed by atoms with Crippen LogP contribution < -0.4 is 5.32 Å². The molecule has 3 nitrogen and oxygen atoms in total. The van der Waals surface area contributed by atoms with Crippen LogP contribution in [-0.4, -0.2) is 10.9 Å². The summed E-state index contributed by atoms with van der Waals surface area (Å²) in [5.74, 6) is -0.578. The van der Waals surface area contributed by atoms with Crippen LogP contribution in [0, 0.1) is 5.82 Å². The molecule has 114 valence electrons. The Labute approximate surface area is 137 Å². The van der Waals surface area contributed by atoms with E-state index in [2.05, 4.69) is 10.3 Å². The van der Waals surface area contributed by atoms with Gasteiger partial charge in [-0.1, -0.05) is 42.5 Å². The van der Waals surface area contributed by atoms with Crippen LogP contribution in [0.15, 0.2) is 66.1 Å². The average molecular weight is 324 g/mol. The Hall–Kier alpha value is -2.79. The number of anilines is 1. The van der Waals surface area contributed by atoms with Gasteiger partial charge in [-0.2, -0.15) is 0 Å². The van der Waals surface area contributed by atoms with E-state index in [-0.39, 0.29) is 11.7 Å². The molecule has 0 saturated carbocycles. The van der Waals surface area contributed by atoms with E-state index in [4.69, 9.17) is 0 Å². The Kier molecular flexibility index (Phi) is 4.59. The zero-order valence-electron chi connectivity index (χ0n) is 12.1. The lowest BCUT2D eigenvalue weighted by molar-refractivity contribution is -0.111. The minimum Gasteiger partial charge on any atom is -0.298 e. The summed E-state index contributed by atoms with van der Waals surface area (Å²) in [6, 6.07) is 15.7. The highest BCUT2D eigenvalue weighted by molar-refractivity contribution is 7.14. The van der Waals surface area contributed by atoms with Crippen molar-refractivity contribution in [2.24, 2.45) is 0 Å². The molecule has 1 N–H and O–H groups in total. The number of halogens is 1. The molecule has 23 heavy (non-hydrogen) atoms. The molecule has 2 aromatic carbocycles. The van der Waals surface area contributed by atoms with Crippen molar-refractivity contribution in [3.8, 4) is 11.3 Å². The Morgan fingerprint density at radius 1 is 1.09 bits per heavy atom. The highest BCUT2D eigenvalue weighted by Crippen LogP contribution is 2.24. The third-order valence-corrected chi connectivity index (χ3v) is 3.86. The molecule has 0 atom stereocenters. The fourth-order valence-electron chi connectivity index (χ4n) is 1.97. The van der Waals surface area contributed by atoms with E-state index in [0.717, 1.165) is 16.8 Å². The van der Waals surface area contributed by atoms with Crippen LogP contribution in [0.1, 0.15) is 5.56 Å². The van der Waals surface area contributed by atoms with Crippen LogP contribution in [-0.2, 0) is 4.79 Å². The van der Waals surface area contributed by atoms with E-state index < -0.39 is 0 Å². The number of carbonyl (C=O) groups is 1. The second-order valence-corrected chi connectivity index (χ2v) is 5.64. The van der Waals surface area contributed by atoms with Crippen molar-refractivity contribution >= 4 is 28.5 Å². The summed E-state index contributed by atoms with van der Waals surface area (Å²) in [5, 5.41) is 5.16. The predicted molar refractivity (Wildman–Crippen MR) is 91.6 cm³/mol. The molecule has 0 radical (unpaired) electrons. The Morgan fingerprint density at radius 3 is 2.57 bits per heavy atom. The van der Waals surface area contributed by atoms with E-state index in [1.54, 1.807) is 18.2 Å². The van der Waals surface area contributed by atoms with Gasteiger partial charge in [-0.15, -0.1) is 11.3 Å².